The molecule has 0 radical (unpaired) electrons. The van der Waals surface area contributed by atoms with Crippen LogP contribution >= 0.6 is 0 Å². The molecule has 0 bridgehead atoms. The van der Waals surface area contributed by atoms with Gasteiger partial charge in [0.05, 0.1) is 5.69 Å². The summed E-state index contributed by atoms with van der Waals surface area (Å²) in [5, 5.41) is 12.9. The Morgan fingerprint density at radius 1 is 1.33 bits per heavy atom. The van der Waals surface area contributed by atoms with Crippen molar-refractivity contribution < 1.29 is 0 Å². The third-order valence-corrected chi connectivity index (χ3v) is 2.80. The summed E-state index contributed by atoms with van der Waals surface area (Å²) in [6.45, 7) is 3.88. The molecule has 0 saturated carbocycles. The number of hydrogen-bond acceptors (Lipinski definition) is 3. The van der Waals surface area contributed by atoms with Gasteiger partial charge < -0.3 is 0 Å². The number of hydrogen-bond donors (Lipinski definition) is 0. The van der Waals surface area contributed by atoms with Gasteiger partial charge in [0, 0.05) is 11.8 Å². The maximum atomic E-state index is 11.5. The van der Waals surface area contributed by atoms with E-state index in [1.54, 1.807) is 11.6 Å². The number of aryl methyl sites for hydroxylation is 2. The summed E-state index contributed by atoms with van der Waals surface area (Å²) < 4.78 is 1.61. The highest BCUT2D eigenvalue weighted by molar-refractivity contribution is 5.36. The van der Waals surface area contributed by atoms with Crippen LogP contribution < -0.4 is 5.43 Å². The van der Waals surface area contributed by atoms with Crippen LogP contribution in [0.25, 0.3) is 5.69 Å². The average Bonchev–Trinajstić information content (AvgIpc) is 2.39. The van der Waals surface area contributed by atoms with Crippen LogP contribution in [0.2, 0.25) is 0 Å². The van der Waals surface area contributed by atoms with Gasteiger partial charge in [-0.2, -0.15) is 10.4 Å². The van der Waals surface area contributed by atoms with Gasteiger partial charge in [0.15, 0.2) is 0 Å². The molecule has 4 nitrogen and oxygen atoms in total. The van der Waals surface area contributed by atoms with Crippen LogP contribution in [-0.2, 0) is 6.42 Å². The largest absolute Gasteiger partial charge is 0.287 e. The van der Waals surface area contributed by atoms with E-state index in [1.807, 2.05) is 30.3 Å². The van der Waals surface area contributed by atoms with Crippen LogP contribution in [0.15, 0.2) is 35.1 Å². The molecule has 0 aliphatic heterocycles. The maximum Gasteiger partial charge on any atom is 0.218 e. The van der Waals surface area contributed by atoms with Crippen molar-refractivity contribution in [3.05, 3.63) is 57.5 Å². The first-order valence-electron chi connectivity index (χ1n) is 5.76. The predicted molar refractivity (Wildman–Crippen MR) is 68.7 cm³/mol. The molecule has 90 valence electrons. The van der Waals surface area contributed by atoms with Gasteiger partial charge in [0.2, 0.25) is 11.1 Å². The summed E-state index contributed by atoms with van der Waals surface area (Å²) in [5.74, 6) is 0. The second kappa shape index (κ2) is 4.84. The monoisotopic (exact) mass is 239 g/mol. The smallest absolute Gasteiger partial charge is 0.218 e. The second-order valence-corrected chi connectivity index (χ2v) is 4.04. The van der Waals surface area contributed by atoms with E-state index < -0.39 is 0 Å². The minimum atomic E-state index is -0.337. The molecule has 0 aliphatic rings. The van der Waals surface area contributed by atoms with Gasteiger partial charge in [-0.3, -0.25) is 4.79 Å². The second-order valence-electron chi connectivity index (χ2n) is 4.04. The van der Waals surface area contributed by atoms with Gasteiger partial charge in [0.25, 0.3) is 0 Å². The van der Waals surface area contributed by atoms with Crippen LogP contribution in [0, 0.1) is 18.3 Å². The zero-order chi connectivity index (χ0) is 13.1. The van der Waals surface area contributed by atoms with E-state index >= 15 is 0 Å². The third-order valence-electron chi connectivity index (χ3n) is 2.80. The molecule has 0 fully saturated rings. The first-order chi connectivity index (χ1) is 8.65. The molecule has 18 heavy (non-hydrogen) atoms. The topological polar surface area (TPSA) is 58.7 Å². The summed E-state index contributed by atoms with van der Waals surface area (Å²) in [7, 11) is 0. The van der Waals surface area contributed by atoms with E-state index in [0.717, 1.165) is 12.1 Å². The lowest BCUT2D eigenvalue weighted by Gasteiger charge is -2.09. The molecule has 1 heterocycles. The molecule has 1 aromatic carbocycles. The summed E-state index contributed by atoms with van der Waals surface area (Å²) >= 11 is 0. The van der Waals surface area contributed by atoms with Crippen molar-refractivity contribution in [1.29, 1.82) is 5.26 Å². The Morgan fingerprint density at radius 2 is 2.00 bits per heavy atom. The van der Waals surface area contributed by atoms with Gasteiger partial charge in [-0.05, 0) is 31.0 Å². The van der Waals surface area contributed by atoms with Gasteiger partial charge in [-0.15, -0.1) is 0 Å². The molecule has 4 heteroatoms. The summed E-state index contributed by atoms with van der Waals surface area (Å²) in [6.07, 6.45) is 0.973. The van der Waals surface area contributed by atoms with Crippen LogP contribution in [0.1, 0.15) is 23.9 Å². The Labute approximate surface area is 105 Å². The lowest BCUT2D eigenvalue weighted by molar-refractivity contribution is 0.789. The highest BCUT2D eigenvalue weighted by Gasteiger charge is 2.06. The number of rotatable bonds is 2. The van der Waals surface area contributed by atoms with Crippen molar-refractivity contribution in [1.82, 2.24) is 9.78 Å². The Hall–Kier alpha value is -2.41. The van der Waals surface area contributed by atoms with Gasteiger partial charge in [0.1, 0.15) is 6.07 Å². The molecule has 0 spiro atoms. The number of aromatic nitrogens is 2. The summed E-state index contributed by atoms with van der Waals surface area (Å²) in [6, 6.07) is 11.1. The van der Waals surface area contributed by atoms with E-state index in [-0.39, 0.29) is 11.1 Å². The fourth-order valence-electron chi connectivity index (χ4n) is 1.76. The molecule has 0 atom stereocenters. The lowest BCUT2D eigenvalue weighted by Crippen LogP contribution is -2.16. The van der Waals surface area contributed by atoms with Crippen molar-refractivity contribution in [3.63, 3.8) is 0 Å². The highest BCUT2D eigenvalue weighted by Crippen LogP contribution is 2.10. The standard InChI is InChI=1S/C14H13N3O/c1-3-11-4-6-12(7-5-11)17-10(2)8-14(18)13(9-15)16-17/h4-8H,3H2,1-2H3. The van der Waals surface area contributed by atoms with E-state index in [9.17, 15) is 4.79 Å². The van der Waals surface area contributed by atoms with Crippen molar-refractivity contribution in [2.24, 2.45) is 0 Å². The first kappa shape index (κ1) is 12.1. The molecule has 2 aromatic rings. The molecule has 0 saturated heterocycles. The fourth-order valence-corrected chi connectivity index (χ4v) is 1.76. The lowest BCUT2D eigenvalue weighted by atomic mass is 10.1. The van der Waals surface area contributed by atoms with Gasteiger partial charge in [-0.1, -0.05) is 19.1 Å². The van der Waals surface area contributed by atoms with Crippen LogP contribution in [-0.4, -0.2) is 9.78 Å². The zero-order valence-electron chi connectivity index (χ0n) is 10.3. The van der Waals surface area contributed by atoms with Gasteiger partial charge in [-0.25, -0.2) is 4.68 Å². The molecule has 1 aromatic heterocycles. The predicted octanol–water partition coefficient (Wildman–Crippen LogP) is 1.97. The Balaban J connectivity index is 2.56. The quantitative estimate of drug-likeness (QED) is 0.805. The fraction of sp³-hybridized carbons (Fsp3) is 0.214. The van der Waals surface area contributed by atoms with Crippen LogP contribution in [0.3, 0.4) is 0 Å². The summed E-state index contributed by atoms with van der Waals surface area (Å²) in [4.78, 5) is 11.5. The normalized spacial score (nSPS) is 10.1. The first-order valence-corrected chi connectivity index (χ1v) is 5.76. The maximum absolute atomic E-state index is 11.5. The Kier molecular flexibility index (Phi) is 3.24. The Morgan fingerprint density at radius 3 is 2.56 bits per heavy atom. The molecule has 0 aliphatic carbocycles. The van der Waals surface area contributed by atoms with E-state index in [4.69, 9.17) is 5.26 Å². The number of nitrogens with zero attached hydrogens (tertiary/aromatic N) is 3. The molecular formula is C14H13N3O. The number of benzene rings is 1. The molecule has 0 unspecified atom stereocenters. The van der Waals surface area contributed by atoms with Crippen molar-refractivity contribution in [2.75, 3.05) is 0 Å². The molecule has 0 N–H and O–H groups in total. The van der Waals surface area contributed by atoms with Crippen molar-refractivity contribution in [2.45, 2.75) is 20.3 Å². The minimum absolute atomic E-state index is 0.0832. The average molecular weight is 239 g/mol. The van der Waals surface area contributed by atoms with E-state index in [0.29, 0.717) is 5.69 Å². The van der Waals surface area contributed by atoms with E-state index in [1.165, 1.54) is 11.6 Å². The highest BCUT2D eigenvalue weighted by atomic mass is 16.1. The van der Waals surface area contributed by atoms with Gasteiger partial charge >= 0.3 is 0 Å². The van der Waals surface area contributed by atoms with Crippen molar-refractivity contribution in [3.8, 4) is 11.8 Å². The Bertz CT molecular complexity index is 663. The third kappa shape index (κ3) is 2.16. The summed E-state index contributed by atoms with van der Waals surface area (Å²) in [5.41, 5.74) is 2.37. The molecular weight excluding hydrogens is 226 g/mol. The van der Waals surface area contributed by atoms with Crippen LogP contribution in [0.5, 0.6) is 0 Å². The number of nitriles is 1. The minimum Gasteiger partial charge on any atom is -0.287 e. The van der Waals surface area contributed by atoms with Crippen molar-refractivity contribution >= 4 is 0 Å². The van der Waals surface area contributed by atoms with E-state index in [2.05, 4.69) is 12.0 Å². The molecule has 2 rings (SSSR count). The van der Waals surface area contributed by atoms with Crippen LogP contribution in [0.4, 0.5) is 0 Å². The molecule has 0 amide bonds. The zero-order valence-corrected chi connectivity index (χ0v) is 10.3. The SMILES string of the molecule is CCc1ccc(-n2nc(C#N)c(=O)cc2C)cc1.